The van der Waals surface area contributed by atoms with Gasteiger partial charge in [-0.25, -0.2) is 8.42 Å². The molecule has 1 unspecified atom stereocenters. The average molecular weight is 426 g/mol. The van der Waals surface area contributed by atoms with Crippen molar-refractivity contribution in [3.05, 3.63) is 27.1 Å². The lowest BCUT2D eigenvalue weighted by Crippen LogP contribution is -2.40. The maximum absolute atomic E-state index is 12.2. The maximum Gasteiger partial charge on any atom is 0.247 e. The number of rotatable bonds is 3. The summed E-state index contributed by atoms with van der Waals surface area (Å²) < 4.78 is 27.8. The van der Waals surface area contributed by atoms with E-state index in [9.17, 15) is 18.0 Å². The summed E-state index contributed by atoms with van der Waals surface area (Å²) in [4.78, 5) is 24.0. The number of benzene rings is 1. The molecule has 9 heteroatoms. The van der Waals surface area contributed by atoms with Crippen molar-refractivity contribution in [2.45, 2.75) is 17.4 Å². The van der Waals surface area contributed by atoms with Crippen molar-refractivity contribution >= 4 is 53.7 Å². The molecule has 1 saturated heterocycles. The number of hydrogen-bond acceptors (Lipinski definition) is 4. The van der Waals surface area contributed by atoms with E-state index in [-0.39, 0.29) is 11.3 Å². The minimum atomic E-state index is -3.89. The zero-order valence-corrected chi connectivity index (χ0v) is 14.2. The molecular weight excluding hydrogens is 416 g/mol. The Bertz CT molecular complexity index is 690. The third-order valence-electron chi connectivity index (χ3n) is 2.86. The molecule has 1 atom stereocenters. The number of likely N-dealkylation sites (tertiary alicyclic amines) is 1. The Labute approximate surface area is 132 Å². The van der Waals surface area contributed by atoms with E-state index in [0.717, 1.165) is 9.37 Å². The Kier molecular flexibility index (Phi) is 4.33. The molecule has 0 spiro atoms. The molecule has 1 heterocycles. The van der Waals surface area contributed by atoms with Gasteiger partial charge in [-0.15, -0.1) is 0 Å². The van der Waals surface area contributed by atoms with E-state index in [1.165, 1.54) is 13.1 Å². The molecule has 1 aromatic carbocycles. The molecule has 0 aliphatic carbocycles. The first-order valence-electron chi connectivity index (χ1n) is 5.50. The SMILES string of the molecule is CN1C(=O)CC(NS(=O)(=O)c2ccc(Br)cc2Br)C1=O. The van der Waals surface area contributed by atoms with Gasteiger partial charge in [-0.3, -0.25) is 14.5 Å². The maximum atomic E-state index is 12.2. The Hall–Kier alpha value is -0.770. The quantitative estimate of drug-likeness (QED) is 0.738. The van der Waals surface area contributed by atoms with E-state index in [4.69, 9.17) is 0 Å². The van der Waals surface area contributed by atoms with Crippen LogP contribution < -0.4 is 4.72 Å². The van der Waals surface area contributed by atoms with Crippen LogP contribution in [0.5, 0.6) is 0 Å². The lowest BCUT2D eigenvalue weighted by Gasteiger charge is -2.12. The van der Waals surface area contributed by atoms with Gasteiger partial charge in [-0.2, -0.15) is 4.72 Å². The molecule has 108 valence electrons. The summed E-state index contributed by atoms with van der Waals surface area (Å²) >= 11 is 6.39. The van der Waals surface area contributed by atoms with Gasteiger partial charge in [0.05, 0.1) is 11.3 Å². The van der Waals surface area contributed by atoms with E-state index < -0.39 is 27.9 Å². The van der Waals surface area contributed by atoms with Gasteiger partial charge in [0.25, 0.3) is 0 Å². The van der Waals surface area contributed by atoms with Crippen LogP contribution in [0, 0.1) is 0 Å². The predicted molar refractivity (Wildman–Crippen MR) is 78.3 cm³/mol. The Morgan fingerprint density at radius 2 is 1.95 bits per heavy atom. The van der Waals surface area contributed by atoms with Crippen molar-refractivity contribution in [3.63, 3.8) is 0 Å². The molecule has 20 heavy (non-hydrogen) atoms. The van der Waals surface area contributed by atoms with Crippen LogP contribution in [0.2, 0.25) is 0 Å². The first kappa shape index (κ1) is 15.6. The molecule has 0 bridgehead atoms. The molecule has 6 nitrogen and oxygen atoms in total. The lowest BCUT2D eigenvalue weighted by molar-refractivity contribution is -0.137. The number of hydrogen-bond donors (Lipinski definition) is 1. The largest absolute Gasteiger partial charge is 0.284 e. The average Bonchev–Trinajstić information content (AvgIpc) is 2.56. The number of halogens is 2. The number of likely N-dealkylation sites (N-methyl/N-ethyl adjacent to an activating group) is 1. The summed E-state index contributed by atoms with van der Waals surface area (Å²) in [6, 6.07) is 3.52. The van der Waals surface area contributed by atoms with E-state index in [2.05, 4.69) is 36.6 Å². The zero-order chi connectivity index (χ0) is 15.1. The number of imide groups is 1. The number of carbonyl (C=O) groups is 2. The molecule has 1 fully saturated rings. The van der Waals surface area contributed by atoms with Gasteiger partial charge in [-0.05, 0) is 34.1 Å². The van der Waals surface area contributed by atoms with Crippen LogP contribution in [0.4, 0.5) is 0 Å². The van der Waals surface area contributed by atoms with Crippen molar-refractivity contribution in [3.8, 4) is 0 Å². The number of amides is 2. The van der Waals surface area contributed by atoms with Crippen LogP contribution in [0.3, 0.4) is 0 Å². The second kappa shape index (κ2) is 5.55. The summed E-state index contributed by atoms with van der Waals surface area (Å²) in [6.45, 7) is 0. The van der Waals surface area contributed by atoms with Crippen LogP contribution >= 0.6 is 31.9 Å². The Morgan fingerprint density at radius 1 is 1.30 bits per heavy atom. The first-order valence-corrected chi connectivity index (χ1v) is 8.57. The Balaban J connectivity index is 2.28. The van der Waals surface area contributed by atoms with Crippen molar-refractivity contribution in [2.75, 3.05) is 7.05 Å². The molecule has 0 aromatic heterocycles. The smallest absolute Gasteiger partial charge is 0.247 e. The van der Waals surface area contributed by atoms with Crippen LogP contribution in [0.25, 0.3) is 0 Å². The highest BCUT2D eigenvalue weighted by molar-refractivity contribution is 9.11. The fourth-order valence-electron chi connectivity index (χ4n) is 1.79. The highest BCUT2D eigenvalue weighted by atomic mass is 79.9. The molecule has 0 radical (unpaired) electrons. The van der Waals surface area contributed by atoms with E-state index >= 15 is 0 Å². The summed E-state index contributed by atoms with van der Waals surface area (Å²) in [7, 11) is -2.56. The standard InChI is InChI=1S/C11H10Br2N2O4S/c1-15-10(16)5-8(11(15)17)14-20(18,19)9-3-2-6(12)4-7(9)13/h2-4,8,14H,5H2,1H3. The van der Waals surface area contributed by atoms with E-state index in [0.29, 0.717) is 4.47 Å². The predicted octanol–water partition coefficient (Wildman–Crippen LogP) is 1.25. The van der Waals surface area contributed by atoms with Gasteiger partial charge >= 0.3 is 0 Å². The fraction of sp³-hybridized carbons (Fsp3) is 0.273. The van der Waals surface area contributed by atoms with Gasteiger partial charge in [0.2, 0.25) is 21.8 Å². The second-order valence-electron chi connectivity index (χ2n) is 4.24. The summed E-state index contributed by atoms with van der Waals surface area (Å²) in [6.07, 6.45) is -0.164. The fourth-order valence-corrected chi connectivity index (χ4v) is 4.73. The summed E-state index contributed by atoms with van der Waals surface area (Å²) in [5.74, 6) is -0.954. The van der Waals surface area contributed by atoms with Gasteiger partial charge in [0.15, 0.2) is 0 Å². The summed E-state index contributed by atoms with van der Waals surface area (Å²) in [5.41, 5.74) is 0. The first-order chi connectivity index (χ1) is 9.22. The normalized spacial score (nSPS) is 19.8. The van der Waals surface area contributed by atoms with E-state index in [1.807, 2.05) is 0 Å². The van der Waals surface area contributed by atoms with Crippen molar-refractivity contribution in [1.82, 2.24) is 9.62 Å². The van der Waals surface area contributed by atoms with E-state index in [1.54, 1.807) is 12.1 Å². The molecular formula is C11H10Br2N2O4S. The highest BCUT2D eigenvalue weighted by Gasteiger charge is 2.39. The van der Waals surface area contributed by atoms with Crippen LogP contribution in [0.15, 0.2) is 32.0 Å². The van der Waals surface area contributed by atoms with Crippen LogP contribution in [0.1, 0.15) is 6.42 Å². The Morgan fingerprint density at radius 3 is 2.45 bits per heavy atom. The van der Waals surface area contributed by atoms with Crippen molar-refractivity contribution in [1.29, 1.82) is 0 Å². The third kappa shape index (κ3) is 2.95. The summed E-state index contributed by atoms with van der Waals surface area (Å²) in [5, 5.41) is 0. The third-order valence-corrected chi connectivity index (χ3v) is 5.80. The van der Waals surface area contributed by atoms with Gasteiger partial charge in [0, 0.05) is 16.0 Å². The minimum Gasteiger partial charge on any atom is -0.284 e. The van der Waals surface area contributed by atoms with Crippen molar-refractivity contribution < 1.29 is 18.0 Å². The zero-order valence-electron chi connectivity index (χ0n) is 10.3. The van der Waals surface area contributed by atoms with Gasteiger partial charge in [0.1, 0.15) is 6.04 Å². The van der Waals surface area contributed by atoms with Crippen LogP contribution in [-0.4, -0.2) is 38.2 Å². The van der Waals surface area contributed by atoms with Crippen LogP contribution in [-0.2, 0) is 19.6 Å². The molecule has 1 aliphatic heterocycles. The molecule has 1 aromatic rings. The minimum absolute atomic E-state index is 0.00972. The lowest BCUT2D eigenvalue weighted by atomic mass is 10.3. The number of sulfonamides is 1. The molecule has 0 saturated carbocycles. The molecule has 2 rings (SSSR count). The molecule has 1 aliphatic rings. The number of nitrogens with zero attached hydrogens (tertiary/aromatic N) is 1. The second-order valence-corrected chi connectivity index (χ2v) is 7.70. The van der Waals surface area contributed by atoms with Crippen molar-refractivity contribution in [2.24, 2.45) is 0 Å². The molecule has 1 N–H and O–H groups in total. The topological polar surface area (TPSA) is 83.6 Å². The number of nitrogens with one attached hydrogen (secondary N) is 1. The molecule has 2 amide bonds. The highest BCUT2D eigenvalue weighted by Crippen LogP contribution is 2.26. The van der Waals surface area contributed by atoms with Gasteiger partial charge in [-0.1, -0.05) is 15.9 Å². The number of carbonyl (C=O) groups excluding carboxylic acids is 2. The van der Waals surface area contributed by atoms with Gasteiger partial charge < -0.3 is 0 Å². The monoisotopic (exact) mass is 424 g/mol.